The van der Waals surface area contributed by atoms with Crippen LogP contribution in [-0.2, 0) is 4.74 Å². The number of benzene rings is 3. The van der Waals surface area contributed by atoms with Crippen molar-refractivity contribution in [1.82, 2.24) is 4.98 Å². The zero-order valence-corrected chi connectivity index (χ0v) is 12.4. The van der Waals surface area contributed by atoms with E-state index < -0.39 is 5.97 Å². The van der Waals surface area contributed by atoms with E-state index in [1.54, 1.807) is 18.2 Å². The Hall–Kier alpha value is -3.14. The molecule has 23 heavy (non-hydrogen) atoms. The number of carbonyl (C=O) groups is 1. The van der Waals surface area contributed by atoms with Gasteiger partial charge in [0, 0.05) is 5.39 Å². The van der Waals surface area contributed by atoms with Crippen LogP contribution in [0.4, 0.5) is 0 Å². The summed E-state index contributed by atoms with van der Waals surface area (Å²) in [5.41, 5.74) is 2.54. The minimum Gasteiger partial charge on any atom is -0.465 e. The van der Waals surface area contributed by atoms with E-state index in [0.717, 1.165) is 16.3 Å². The molecule has 3 aromatic carbocycles. The summed E-state index contributed by atoms with van der Waals surface area (Å²) < 4.78 is 10.7. The molecular weight excluding hydrogens is 290 g/mol. The molecule has 0 saturated carbocycles. The second kappa shape index (κ2) is 5.25. The van der Waals surface area contributed by atoms with Gasteiger partial charge in [-0.3, -0.25) is 0 Å². The van der Waals surface area contributed by atoms with Gasteiger partial charge in [0.25, 0.3) is 0 Å². The van der Waals surface area contributed by atoms with Gasteiger partial charge in [0.1, 0.15) is 5.52 Å². The minimum atomic E-state index is -0.410. The van der Waals surface area contributed by atoms with Gasteiger partial charge in [0.2, 0.25) is 5.89 Å². The molecule has 4 nitrogen and oxygen atoms in total. The van der Waals surface area contributed by atoms with Crippen molar-refractivity contribution in [1.29, 1.82) is 0 Å². The maximum Gasteiger partial charge on any atom is 0.338 e. The van der Waals surface area contributed by atoms with E-state index in [0.29, 0.717) is 22.6 Å². The fourth-order valence-electron chi connectivity index (χ4n) is 2.73. The molecule has 0 atom stereocenters. The Balaban J connectivity index is 1.97. The van der Waals surface area contributed by atoms with Crippen molar-refractivity contribution in [3.63, 3.8) is 0 Å². The second-order valence-corrected chi connectivity index (χ2v) is 5.19. The smallest absolute Gasteiger partial charge is 0.338 e. The molecule has 0 saturated heterocycles. The van der Waals surface area contributed by atoms with Crippen LogP contribution >= 0.6 is 0 Å². The van der Waals surface area contributed by atoms with Gasteiger partial charge in [0.05, 0.1) is 18.2 Å². The molecule has 112 valence electrons. The van der Waals surface area contributed by atoms with Crippen molar-refractivity contribution in [3.8, 4) is 11.5 Å². The maximum absolute atomic E-state index is 11.9. The molecule has 4 aromatic rings. The number of esters is 1. The number of ether oxygens (including phenoxy) is 1. The quantitative estimate of drug-likeness (QED) is 0.514. The van der Waals surface area contributed by atoms with Crippen molar-refractivity contribution in [2.75, 3.05) is 7.11 Å². The van der Waals surface area contributed by atoms with Gasteiger partial charge in [-0.1, -0.05) is 42.5 Å². The molecule has 4 rings (SSSR count). The number of aromatic nitrogens is 1. The predicted octanol–water partition coefficient (Wildman–Crippen LogP) is 4.43. The van der Waals surface area contributed by atoms with Crippen molar-refractivity contribution < 1.29 is 13.9 Å². The summed E-state index contributed by atoms with van der Waals surface area (Å²) in [5.74, 6) is 0.00469. The molecule has 1 aromatic heterocycles. The lowest BCUT2D eigenvalue weighted by Crippen LogP contribution is -2.03. The van der Waals surface area contributed by atoms with E-state index in [9.17, 15) is 4.79 Å². The topological polar surface area (TPSA) is 52.3 Å². The van der Waals surface area contributed by atoms with E-state index in [1.807, 2.05) is 42.5 Å². The monoisotopic (exact) mass is 303 g/mol. The van der Waals surface area contributed by atoms with Gasteiger partial charge in [0.15, 0.2) is 5.58 Å². The first-order valence-corrected chi connectivity index (χ1v) is 7.24. The molecule has 4 heteroatoms. The third kappa shape index (κ3) is 2.16. The molecule has 0 radical (unpaired) electrons. The first kappa shape index (κ1) is 13.5. The van der Waals surface area contributed by atoms with Gasteiger partial charge in [-0.15, -0.1) is 0 Å². The zero-order chi connectivity index (χ0) is 15.8. The molecule has 0 amide bonds. The average molecular weight is 303 g/mol. The number of nitrogens with zero attached hydrogens (tertiary/aromatic N) is 1. The molecule has 1 heterocycles. The number of carbonyl (C=O) groups excluding carboxylic acids is 1. The molecule has 0 aliphatic heterocycles. The fraction of sp³-hybridized carbons (Fsp3) is 0.0526. The van der Waals surface area contributed by atoms with Gasteiger partial charge in [-0.25, -0.2) is 9.78 Å². The summed E-state index contributed by atoms with van der Waals surface area (Å²) in [7, 11) is 1.36. The van der Waals surface area contributed by atoms with Crippen LogP contribution in [0.15, 0.2) is 65.1 Å². The van der Waals surface area contributed by atoms with E-state index >= 15 is 0 Å². The average Bonchev–Trinajstić information content (AvgIpc) is 3.05. The lowest BCUT2D eigenvalue weighted by molar-refractivity contribution is 0.0601. The third-order valence-electron chi connectivity index (χ3n) is 3.85. The Morgan fingerprint density at radius 1 is 1.00 bits per heavy atom. The van der Waals surface area contributed by atoms with Crippen LogP contribution in [0.2, 0.25) is 0 Å². The Kier molecular flexibility index (Phi) is 3.08. The van der Waals surface area contributed by atoms with Gasteiger partial charge >= 0.3 is 5.97 Å². The number of hydrogen-bond acceptors (Lipinski definition) is 4. The highest BCUT2D eigenvalue weighted by Crippen LogP contribution is 2.31. The molecule has 0 spiro atoms. The largest absolute Gasteiger partial charge is 0.465 e. The lowest BCUT2D eigenvalue weighted by atomic mass is 10.1. The normalized spacial score (nSPS) is 11.0. The summed E-state index contributed by atoms with van der Waals surface area (Å²) in [4.78, 5) is 16.6. The highest BCUT2D eigenvalue weighted by Gasteiger charge is 2.18. The SMILES string of the molecule is COC(=O)c1ccccc1-c1nc2c(ccc3ccccc32)o1. The first-order chi connectivity index (χ1) is 11.3. The molecule has 0 fully saturated rings. The summed E-state index contributed by atoms with van der Waals surface area (Å²) >= 11 is 0. The van der Waals surface area contributed by atoms with Crippen LogP contribution in [-0.4, -0.2) is 18.1 Å². The molecule has 0 bridgehead atoms. The van der Waals surface area contributed by atoms with Gasteiger partial charge in [-0.2, -0.15) is 0 Å². The summed E-state index contributed by atoms with van der Waals surface area (Å²) in [6, 6.07) is 19.0. The van der Waals surface area contributed by atoms with Gasteiger partial charge < -0.3 is 9.15 Å². The highest BCUT2D eigenvalue weighted by molar-refractivity contribution is 6.04. The molecular formula is C19H13NO3. The van der Waals surface area contributed by atoms with E-state index in [2.05, 4.69) is 4.98 Å². The van der Waals surface area contributed by atoms with Gasteiger partial charge in [-0.05, 0) is 23.6 Å². The lowest BCUT2D eigenvalue weighted by Gasteiger charge is -2.03. The van der Waals surface area contributed by atoms with Crippen molar-refractivity contribution in [3.05, 3.63) is 66.2 Å². The zero-order valence-electron chi connectivity index (χ0n) is 12.4. The highest BCUT2D eigenvalue weighted by atomic mass is 16.5. The van der Waals surface area contributed by atoms with E-state index in [-0.39, 0.29) is 0 Å². The van der Waals surface area contributed by atoms with Crippen LogP contribution in [0.5, 0.6) is 0 Å². The molecule has 0 N–H and O–H groups in total. The maximum atomic E-state index is 11.9. The third-order valence-corrected chi connectivity index (χ3v) is 3.85. The number of rotatable bonds is 2. The van der Waals surface area contributed by atoms with Crippen molar-refractivity contribution in [2.24, 2.45) is 0 Å². The van der Waals surface area contributed by atoms with E-state index in [4.69, 9.17) is 9.15 Å². The van der Waals surface area contributed by atoms with Crippen molar-refractivity contribution >= 4 is 27.8 Å². The number of methoxy groups -OCH3 is 1. The Bertz CT molecular complexity index is 1030. The van der Waals surface area contributed by atoms with Crippen LogP contribution < -0.4 is 0 Å². The molecule has 0 aliphatic carbocycles. The summed E-state index contributed by atoms with van der Waals surface area (Å²) in [6.45, 7) is 0. The minimum absolute atomic E-state index is 0.410. The molecule has 0 unspecified atom stereocenters. The second-order valence-electron chi connectivity index (χ2n) is 5.19. The number of fused-ring (bicyclic) bond motifs is 3. The predicted molar refractivity (Wildman–Crippen MR) is 88.3 cm³/mol. The fourth-order valence-corrected chi connectivity index (χ4v) is 2.73. The van der Waals surface area contributed by atoms with Crippen LogP contribution in [0.1, 0.15) is 10.4 Å². The van der Waals surface area contributed by atoms with Crippen LogP contribution in [0.3, 0.4) is 0 Å². The Labute approximate surface area is 132 Å². The van der Waals surface area contributed by atoms with E-state index in [1.165, 1.54) is 7.11 Å². The summed E-state index contributed by atoms with van der Waals surface area (Å²) in [5, 5.41) is 2.12. The number of oxazole rings is 1. The van der Waals surface area contributed by atoms with Crippen LogP contribution in [0.25, 0.3) is 33.3 Å². The molecule has 0 aliphatic rings. The standard InChI is InChI=1S/C19H13NO3/c1-22-19(21)15-9-5-4-8-14(15)18-20-17-13-7-3-2-6-12(13)10-11-16(17)23-18/h2-11H,1H3. The van der Waals surface area contributed by atoms with Crippen LogP contribution in [0, 0.1) is 0 Å². The Morgan fingerprint density at radius 2 is 1.78 bits per heavy atom. The first-order valence-electron chi connectivity index (χ1n) is 7.24. The Morgan fingerprint density at radius 3 is 2.65 bits per heavy atom. The summed E-state index contributed by atoms with van der Waals surface area (Å²) in [6.07, 6.45) is 0. The van der Waals surface area contributed by atoms with Crippen molar-refractivity contribution in [2.45, 2.75) is 0 Å². The number of hydrogen-bond donors (Lipinski definition) is 0.